The molecule has 0 bridgehead atoms. The van der Waals surface area contributed by atoms with Crippen LogP contribution in [-0.2, 0) is 4.79 Å². The lowest BCUT2D eigenvalue weighted by molar-refractivity contribution is -0.132. The maximum atomic E-state index is 13.2. The Labute approximate surface area is 144 Å². The van der Waals surface area contributed by atoms with Gasteiger partial charge in [0, 0.05) is 18.2 Å². The van der Waals surface area contributed by atoms with Crippen LogP contribution in [0.4, 0.5) is 4.39 Å². The van der Waals surface area contributed by atoms with Crippen molar-refractivity contribution in [2.24, 2.45) is 0 Å². The first-order chi connectivity index (χ1) is 11.7. The third kappa shape index (κ3) is 3.95. The van der Waals surface area contributed by atoms with Crippen LogP contribution in [0.3, 0.4) is 0 Å². The molecule has 0 aliphatic carbocycles. The van der Waals surface area contributed by atoms with E-state index in [1.807, 2.05) is 4.90 Å². The van der Waals surface area contributed by atoms with Crippen molar-refractivity contribution < 1.29 is 13.6 Å². The van der Waals surface area contributed by atoms with Crippen LogP contribution in [0.15, 0.2) is 33.9 Å². The van der Waals surface area contributed by atoms with E-state index >= 15 is 0 Å². The molecular weight excluding hydrogens is 329 g/mol. The largest absolute Gasteiger partial charge is 0.411 e. The van der Waals surface area contributed by atoms with E-state index in [0.717, 1.165) is 25.8 Å². The van der Waals surface area contributed by atoms with Gasteiger partial charge in [-0.1, -0.05) is 24.8 Å². The van der Waals surface area contributed by atoms with Crippen molar-refractivity contribution in [2.75, 3.05) is 12.3 Å². The molecule has 1 aliphatic heterocycles. The minimum Gasteiger partial charge on any atom is -0.411 e. The Kier molecular flexibility index (Phi) is 5.50. The number of halogens is 1. The number of benzene rings is 1. The second-order valence-corrected chi connectivity index (χ2v) is 6.74. The minimum atomic E-state index is -0.356. The topological polar surface area (TPSA) is 59.2 Å². The summed E-state index contributed by atoms with van der Waals surface area (Å²) in [7, 11) is 0. The first kappa shape index (κ1) is 17.0. The smallest absolute Gasteiger partial charge is 0.277 e. The van der Waals surface area contributed by atoms with E-state index in [4.69, 9.17) is 4.42 Å². The Morgan fingerprint density at radius 3 is 3.08 bits per heavy atom. The summed E-state index contributed by atoms with van der Waals surface area (Å²) in [5, 5.41) is 8.18. The summed E-state index contributed by atoms with van der Waals surface area (Å²) >= 11 is 1.23. The van der Waals surface area contributed by atoms with E-state index in [-0.39, 0.29) is 23.4 Å². The first-order valence-electron chi connectivity index (χ1n) is 8.19. The summed E-state index contributed by atoms with van der Waals surface area (Å²) in [6.45, 7) is 2.95. The zero-order chi connectivity index (χ0) is 16.9. The van der Waals surface area contributed by atoms with Crippen LogP contribution in [0.5, 0.6) is 0 Å². The highest BCUT2D eigenvalue weighted by molar-refractivity contribution is 7.99. The average molecular weight is 349 g/mol. The molecule has 1 aliphatic rings. The monoisotopic (exact) mass is 349 g/mol. The molecule has 1 fully saturated rings. The van der Waals surface area contributed by atoms with Crippen molar-refractivity contribution in [1.82, 2.24) is 15.1 Å². The van der Waals surface area contributed by atoms with Crippen LogP contribution in [-0.4, -0.2) is 39.3 Å². The fraction of sp³-hybridized carbons (Fsp3) is 0.471. The molecule has 2 heterocycles. The Morgan fingerprint density at radius 1 is 1.42 bits per heavy atom. The number of nitrogens with zero attached hydrogens (tertiary/aromatic N) is 3. The summed E-state index contributed by atoms with van der Waals surface area (Å²) in [5.41, 5.74) is 0.530. The van der Waals surface area contributed by atoms with Gasteiger partial charge in [0.2, 0.25) is 11.8 Å². The van der Waals surface area contributed by atoms with Gasteiger partial charge in [-0.15, -0.1) is 10.2 Å². The number of thioether (sulfide) groups is 1. The van der Waals surface area contributed by atoms with E-state index in [1.165, 1.54) is 30.3 Å². The number of rotatable bonds is 5. The molecule has 1 aromatic heterocycles. The highest BCUT2D eigenvalue weighted by atomic mass is 32.2. The van der Waals surface area contributed by atoms with Crippen molar-refractivity contribution in [2.45, 2.75) is 43.9 Å². The number of hydrogen-bond acceptors (Lipinski definition) is 5. The third-order valence-corrected chi connectivity index (χ3v) is 5.02. The van der Waals surface area contributed by atoms with Gasteiger partial charge in [0.05, 0.1) is 5.75 Å². The molecule has 7 heteroatoms. The number of carbonyl (C=O) groups excluding carboxylic acids is 1. The van der Waals surface area contributed by atoms with E-state index in [0.29, 0.717) is 16.8 Å². The lowest BCUT2D eigenvalue weighted by Crippen LogP contribution is -2.44. The maximum absolute atomic E-state index is 13.2. The molecule has 0 saturated carbocycles. The summed E-state index contributed by atoms with van der Waals surface area (Å²) in [6, 6.07) is 6.34. The molecule has 5 nitrogen and oxygen atoms in total. The molecule has 0 spiro atoms. The van der Waals surface area contributed by atoms with Gasteiger partial charge >= 0.3 is 0 Å². The fourth-order valence-electron chi connectivity index (χ4n) is 2.97. The Morgan fingerprint density at radius 2 is 2.29 bits per heavy atom. The van der Waals surface area contributed by atoms with Gasteiger partial charge in [-0.3, -0.25) is 4.79 Å². The molecule has 1 saturated heterocycles. The van der Waals surface area contributed by atoms with Crippen LogP contribution in [0, 0.1) is 5.82 Å². The fourth-order valence-corrected chi connectivity index (χ4v) is 3.62. The molecule has 0 N–H and O–H groups in total. The van der Waals surface area contributed by atoms with Crippen molar-refractivity contribution in [3.8, 4) is 11.5 Å². The number of aromatic nitrogens is 2. The Bertz CT molecular complexity index is 707. The SMILES string of the molecule is CCC1CCCCN1C(=O)CSc1nnc(-c2cccc(F)c2)o1. The predicted octanol–water partition coefficient (Wildman–Crippen LogP) is 3.76. The van der Waals surface area contributed by atoms with Gasteiger partial charge in [-0.05, 0) is 43.9 Å². The summed E-state index contributed by atoms with van der Waals surface area (Å²) < 4.78 is 18.8. The number of hydrogen-bond donors (Lipinski definition) is 0. The van der Waals surface area contributed by atoms with Crippen LogP contribution in [0.1, 0.15) is 32.6 Å². The van der Waals surface area contributed by atoms with E-state index in [9.17, 15) is 9.18 Å². The second-order valence-electron chi connectivity index (χ2n) is 5.82. The molecule has 3 rings (SSSR count). The number of amides is 1. The van der Waals surface area contributed by atoms with Gasteiger partial charge in [-0.2, -0.15) is 0 Å². The molecule has 1 unspecified atom stereocenters. The van der Waals surface area contributed by atoms with Crippen molar-refractivity contribution in [3.63, 3.8) is 0 Å². The van der Waals surface area contributed by atoms with Gasteiger partial charge in [-0.25, -0.2) is 4.39 Å². The normalized spacial score (nSPS) is 17.9. The van der Waals surface area contributed by atoms with Crippen molar-refractivity contribution in [3.05, 3.63) is 30.1 Å². The minimum absolute atomic E-state index is 0.108. The van der Waals surface area contributed by atoms with Crippen LogP contribution >= 0.6 is 11.8 Å². The molecule has 1 amide bonds. The summed E-state index contributed by atoms with van der Waals surface area (Å²) in [4.78, 5) is 14.4. The maximum Gasteiger partial charge on any atom is 0.277 e. The zero-order valence-electron chi connectivity index (χ0n) is 13.6. The van der Waals surface area contributed by atoms with Gasteiger partial charge < -0.3 is 9.32 Å². The van der Waals surface area contributed by atoms with Crippen LogP contribution in [0.25, 0.3) is 11.5 Å². The molecular formula is C17H20FN3O2S. The van der Waals surface area contributed by atoms with Crippen molar-refractivity contribution in [1.29, 1.82) is 0 Å². The summed E-state index contributed by atoms with van der Waals surface area (Å²) in [6.07, 6.45) is 4.32. The molecule has 128 valence electrons. The predicted molar refractivity (Wildman–Crippen MR) is 90.1 cm³/mol. The Balaban J connectivity index is 1.60. The number of carbonyl (C=O) groups is 1. The van der Waals surface area contributed by atoms with Gasteiger partial charge in [0.25, 0.3) is 5.22 Å². The Hall–Kier alpha value is -1.89. The molecule has 0 radical (unpaired) electrons. The molecule has 1 atom stereocenters. The highest BCUT2D eigenvalue weighted by Crippen LogP contribution is 2.25. The van der Waals surface area contributed by atoms with Crippen molar-refractivity contribution >= 4 is 17.7 Å². The summed E-state index contributed by atoms with van der Waals surface area (Å²) in [5.74, 6) is 0.290. The van der Waals surface area contributed by atoms with Gasteiger partial charge in [0.15, 0.2) is 0 Å². The average Bonchev–Trinajstić information content (AvgIpc) is 3.08. The van der Waals surface area contributed by atoms with E-state index < -0.39 is 0 Å². The molecule has 1 aromatic carbocycles. The molecule has 24 heavy (non-hydrogen) atoms. The highest BCUT2D eigenvalue weighted by Gasteiger charge is 2.25. The second kappa shape index (κ2) is 7.79. The van der Waals surface area contributed by atoms with Crippen LogP contribution in [0.2, 0.25) is 0 Å². The molecule has 2 aromatic rings. The lowest BCUT2D eigenvalue weighted by Gasteiger charge is -2.35. The first-order valence-corrected chi connectivity index (χ1v) is 9.17. The van der Waals surface area contributed by atoms with Gasteiger partial charge in [0.1, 0.15) is 5.82 Å². The zero-order valence-corrected chi connectivity index (χ0v) is 14.4. The van der Waals surface area contributed by atoms with Crippen LogP contribution < -0.4 is 0 Å². The number of piperidine rings is 1. The standard InChI is InChI=1S/C17H20FN3O2S/c1-2-14-8-3-4-9-21(14)15(22)11-24-17-20-19-16(23-17)12-6-5-7-13(18)10-12/h5-7,10,14H,2-4,8-9,11H2,1H3. The van der Waals surface area contributed by atoms with E-state index in [1.54, 1.807) is 12.1 Å². The van der Waals surface area contributed by atoms with E-state index in [2.05, 4.69) is 17.1 Å². The third-order valence-electron chi connectivity index (χ3n) is 4.22. The lowest BCUT2D eigenvalue weighted by atomic mass is 10.0. The number of likely N-dealkylation sites (tertiary alicyclic amines) is 1. The quantitative estimate of drug-likeness (QED) is 0.769.